The zero-order valence-electron chi connectivity index (χ0n) is 16.3. The molecule has 1 aliphatic rings. The number of rotatable bonds is 7. The van der Waals surface area contributed by atoms with E-state index in [0.29, 0.717) is 0 Å². The molecule has 0 aliphatic heterocycles. The minimum Gasteiger partial charge on any atom is -0.369 e. The predicted molar refractivity (Wildman–Crippen MR) is 115 cm³/mol. The molecule has 1 aromatic carbocycles. The number of hydrogen-bond donors (Lipinski definition) is 1. The Morgan fingerprint density at radius 3 is 2.70 bits per heavy atom. The van der Waals surface area contributed by atoms with E-state index in [0.717, 1.165) is 42.4 Å². The molecule has 142 valence electrons. The van der Waals surface area contributed by atoms with Crippen LogP contribution < -0.4 is 5.32 Å². The highest BCUT2D eigenvalue weighted by atomic mass is 32.1. The Balaban J connectivity index is 1.66. The molecule has 0 amide bonds. The van der Waals surface area contributed by atoms with Crippen molar-refractivity contribution in [3.05, 3.63) is 52.2 Å². The highest BCUT2D eigenvalue weighted by molar-refractivity contribution is 7.19. The number of hydrogen-bond acceptors (Lipinski definition) is 5. The summed E-state index contributed by atoms with van der Waals surface area (Å²) < 4.78 is 0. The minimum atomic E-state index is 0.783. The van der Waals surface area contributed by atoms with Crippen LogP contribution in [-0.4, -0.2) is 42.1 Å². The van der Waals surface area contributed by atoms with Crippen molar-refractivity contribution in [1.82, 2.24) is 14.9 Å². The van der Waals surface area contributed by atoms with Gasteiger partial charge < -0.3 is 10.2 Å². The predicted octanol–water partition coefficient (Wildman–Crippen LogP) is 4.52. The third-order valence-corrected chi connectivity index (χ3v) is 6.33. The first-order chi connectivity index (χ1) is 13.2. The van der Waals surface area contributed by atoms with Crippen molar-refractivity contribution in [2.75, 3.05) is 32.5 Å². The van der Waals surface area contributed by atoms with Crippen molar-refractivity contribution in [2.24, 2.45) is 0 Å². The topological polar surface area (TPSA) is 41.0 Å². The lowest BCUT2D eigenvalue weighted by atomic mass is 9.97. The normalized spacial score (nSPS) is 13.9. The molecule has 2 aromatic heterocycles. The standard InChI is InChI=1S/C22H28N4S/c1-26(2)14-8-13-23-21-20-17-11-6-7-12-18(17)27-22(20)25-19(24-21)15-16-9-4-3-5-10-16/h3-5,9-10H,6-8,11-15H2,1-2H3,(H,23,24,25). The van der Waals surface area contributed by atoms with Gasteiger partial charge in [-0.1, -0.05) is 30.3 Å². The first-order valence-electron chi connectivity index (χ1n) is 9.94. The Kier molecular flexibility index (Phi) is 5.69. The summed E-state index contributed by atoms with van der Waals surface area (Å²) >= 11 is 1.88. The van der Waals surface area contributed by atoms with Gasteiger partial charge in [0, 0.05) is 17.8 Å². The summed E-state index contributed by atoms with van der Waals surface area (Å²) in [5.41, 5.74) is 2.76. The van der Waals surface area contributed by atoms with E-state index in [4.69, 9.17) is 9.97 Å². The maximum atomic E-state index is 4.96. The van der Waals surface area contributed by atoms with Crippen LogP contribution in [-0.2, 0) is 19.3 Å². The maximum absolute atomic E-state index is 4.96. The van der Waals surface area contributed by atoms with Gasteiger partial charge in [0.15, 0.2) is 0 Å². The number of thiophene rings is 1. The number of benzene rings is 1. The maximum Gasteiger partial charge on any atom is 0.138 e. The second kappa shape index (κ2) is 8.36. The second-order valence-corrected chi connectivity index (χ2v) is 8.71. The summed E-state index contributed by atoms with van der Waals surface area (Å²) in [4.78, 5) is 14.8. The summed E-state index contributed by atoms with van der Waals surface area (Å²) in [6.07, 6.45) is 6.85. The summed E-state index contributed by atoms with van der Waals surface area (Å²) in [5.74, 6) is 1.96. The van der Waals surface area contributed by atoms with Gasteiger partial charge in [0.2, 0.25) is 0 Å². The third kappa shape index (κ3) is 4.30. The molecule has 0 fully saturated rings. The Labute approximate surface area is 165 Å². The fourth-order valence-corrected chi connectivity index (χ4v) is 5.07. The molecule has 0 unspecified atom stereocenters. The Morgan fingerprint density at radius 1 is 1.07 bits per heavy atom. The van der Waals surface area contributed by atoms with E-state index in [1.165, 1.54) is 47.1 Å². The van der Waals surface area contributed by atoms with E-state index in [2.05, 4.69) is 54.6 Å². The molecule has 3 aromatic rings. The van der Waals surface area contributed by atoms with Gasteiger partial charge in [-0.05, 0) is 63.9 Å². The van der Waals surface area contributed by atoms with Gasteiger partial charge in [-0.3, -0.25) is 0 Å². The van der Waals surface area contributed by atoms with Gasteiger partial charge in [-0.25, -0.2) is 9.97 Å². The summed E-state index contributed by atoms with van der Waals surface area (Å²) in [6, 6.07) is 10.5. The van der Waals surface area contributed by atoms with Crippen LogP contribution in [0.15, 0.2) is 30.3 Å². The molecule has 0 saturated carbocycles. The average molecular weight is 381 g/mol. The molecule has 1 aliphatic carbocycles. The van der Waals surface area contributed by atoms with Crippen LogP contribution in [0, 0.1) is 0 Å². The number of aryl methyl sites for hydroxylation is 2. The quantitative estimate of drug-likeness (QED) is 0.612. The highest BCUT2D eigenvalue weighted by Crippen LogP contribution is 2.38. The van der Waals surface area contributed by atoms with Crippen LogP contribution >= 0.6 is 11.3 Å². The molecular weight excluding hydrogens is 352 g/mol. The third-order valence-electron chi connectivity index (χ3n) is 5.14. The number of nitrogens with zero attached hydrogens (tertiary/aromatic N) is 3. The van der Waals surface area contributed by atoms with Crippen LogP contribution in [0.4, 0.5) is 5.82 Å². The Morgan fingerprint density at radius 2 is 1.89 bits per heavy atom. The Bertz CT molecular complexity index is 902. The number of nitrogens with one attached hydrogen (secondary N) is 1. The van der Waals surface area contributed by atoms with Crippen molar-refractivity contribution >= 4 is 27.4 Å². The lowest BCUT2D eigenvalue weighted by molar-refractivity contribution is 0.405. The zero-order valence-corrected chi connectivity index (χ0v) is 17.1. The highest BCUT2D eigenvalue weighted by Gasteiger charge is 2.21. The SMILES string of the molecule is CN(C)CCCNc1nc(Cc2ccccc2)nc2sc3c(c12)CCCC3. The van der Waals surface area contributed by atoms with Crippen molar-refractivity contribution in [2.45, 2.75) is 38.5 Å². The largest absolute Gasteiger partial charge is 0.369 e. The smallest absolute Gasteiger partial charge is 0.138 e. The van der Waals surface area contributed by atoms with Gasteiger partial charge in [0.05, 0.1) is 5.39 Å². The summed E-state index contributed by atoms with van der Waals surface area (Å²) in [5, 5.41) is 4.92. The average Bonchev–Trinajstić information content (AvgIpc) is 3.04. The molecule has 4 rings (SSSR count). The molecule has 1 N–H and O–H groups in total. The van der Waals surface area contributed by atoms with E-state index in [-0.39, 0.29) is 0 Å². The lowest BCUT2D eigenvalue weighted by Crippen LogP contribution is -2.17. The molecule has 0 spiro atoms. The minimum absolute atomic E-state index is 0.783. The molecular formula is C22H28N4S. The van der Waals surface area contributed by atoms with Crippen LogP contribution in [0.1, 0.15) is 41.1 Å². The van der Waals surface area contributed by atoms with Crippen molar-refractivity contribution in [3.63, 3.8) is 0 Å². The fraction of sp³-hybridized carbons (Fsp3) is 0.455. The first-order valence-corrected chi connectivity index (χ1v) is 10.8. The van der Waals surface area contributed by atoms with E-state index in [1.807, 2.05) is 11.3 Å². The lowest BCUT2D eigenvalue weighted by Gasteiger charge is -2.14. The van der Waals surface area contributed by atoms with Crippen LogP contribution in [0.3, 0.4) is 0 Å². The molecule has 2 heterocycles. The monoisotopic (exact) mass is 380 g/mol. The van der Waals surface area contributed by atoms with Gasteiger partial charge in [0.25, 0.3) is 0 Å². The van der Waals surface area contributed by atoms with E-state index < -0.39 is 0 Å². The van der Waals surface area contributed by atoms with E-state index in [1.54, 1.807) is 0 Å². The van der Waals surface area contributed by atoms with Crippen LogP contribution in [0.5, 0.6) is 0 Å². The molecule has 27 heavy (non-hydrogen) atoms. The molecule has 4 nitrogen and oxygen atoms in total. The van der Waals surface area contributed by atoms with E-state index >= 15 is 0 Å². The molecule has 0 bridgehead atoms. The van der Waals surface area contributed by atoms with Gasteiger partial charge >= 0.3 is 0 Å². The van der Waals surface area contributed by atoms with Crippen LogP contribution in [0.2, 0.25) is 0 Å². The van der Waals surface area contributed by atoms with Crippen molar-refractivity contribution in [3.8, 4) is 0 Å². The second-order valence-electron chi connectivity index (χ2n) is 7.63. The number of aromatic nitrogens is 2. The van der Waals surface area contributed by atoms with Gasteiger partial charge in [-0.15, -0.1) is 11.3 Å². The number of anilines is 1. The Hall–Kier alpha value is -1.98. The summed E-state index contributed by atoms with van der Waals surface area (Å²) in [7, 11) is 4.24. The number of fused-ring (bicyclic) bond motifs is 3. The van der Waals surface area contributed by atoms with Crippen molar-refractivity contribution < 1.29 is 0 Å². The van der Waals surface area contributed by atoms with Gasteiger partial charge in [0.1, 0.15) is 16.5 Å². The molecule has 5 heteroatoms. The van der Waals surface area contributed by atoms with Crippen LogP contribution in [0.25, 0.3) is 10.2 Å². The zero-order chi connectivity index (χ0) is 18.6. The molecule has 0 atom stereocenters. The summed E-state index contributed by atoms with van der Waals surface area (Å²) in [6.45, 7) is 2.03. The van der Waals surface area contributed by atoms with Gasteiger partial charge in [-0.2, -0.15) is 0 Å². The fourth-order valence-electron chi connectivity index (χ4n) is 3.79. The van der Waals surface area contributed by atoms with E-state index in [9.17, 15) is 0 Å². The molecule has 0 radical (unpaired) electrons. The van der Waals surface area contributed by atoms with Crippen molar-refractivity contribution in [1.29, 1.82) is 0 Å². The molecule has 0 saturated heterocycles. The first kappa shape index (κ1) is 18.4.